The summed E-state index contributed by atoms with van der Waals surface area (Å²) in [6.07, 6.45) is -2.00. The molecule has 1 amide bonds. The Morgan fingerprint density at radius 3 is 2.22 bits per heavy atom. The summed E-state index contributed by atoms with van der Waals surface area (Å²) in [6.45, 7) is 0.244. The average molecular weight is 256 g/mol. The first-order valence-electron chi connectivity index (χ1n) is 5.74. The number of nitrogens with zero attached hydrogens (tertiary/aromatic N) is 1. The lowest BCUT2D eigenvalue weighted by Gasteiger charge is -2.19. The van der Waals surface area contributed by atoms with Crippen LogP contribution in [0.2, 0.25) is 0 Å². The highest BCUT2D eigenvalue weighted by Crippen LogP contribution is 2.20. The summed E-state index contributed by atoms with van der Waals surface area (Å²) in [6, 6.07) is 6.00. The maximum absolute atomic E-state index is 12.4. The van der Waals surface area contributed by atoms with Crippen molar-refractivity contribution in [3.05, 3.63) is 35.4 Å². The van der Waals surface area contributed by atoms with Crippen molar-refractivity contribution in [2.24, 2.45) is 11.7 Å². The van der Waals surface area contributed by atoms with Gasteiger partial charge in [0.1, 0.15) is 0 Å². The number of nitrogens with two attached hydrogens (primary N) is 1. The van der Waals surface area contributed by atoms with Crippen molar-refractivity contribution in [3.8, 4) is 0 Å². The lowest BCUT2D eigenvalue weighted by molar-refractivity contribution is -0.132. The molecule has 1 rings (SSSR count). The molecule has 0 spiro atoms. The maximum atomic E-state index is 12.4. The monoisotopic (exact) mass is 256 g/mol. The van der Waals surface area contributed by atoms with Gasteiger partial charge in [0.2, 0.25) is 5.91 Å². The van der Waals surface area contributed by atoms with E-state index in [1.165, 1.54) is 17.0 Å². The van der Waals surface area contributed by atoms with E-state index in [9.17, 15) is 13.6 Å². The first-order chi connectivity index (χ1) is 8.45. The Hall–Kier alpha value is -1.49. The Labute approximate surface area is 106 Å². The number of hydrogen-bond donors (Lipinski definition) is 1. The molecule has 0 saturated carbocycles. The summed E-state index contributed by atoms with van der Waals surface area (Å²) in [5, 5.41) is 0. The molecular weight excluding hydrogens is 238 g/mol. The van der Waals surface area contributed by atoms with Crippen LogP contribution < -0.4 is 5.73 Å². The fraction of sp³-hybridized carbons (Fsp3) is 0.462. The van der Waals surface area contributed by atoms with Crippen LogP contribution in [0.4, 0.5) is 8.78 Å². The van der Waals surface area contributed by atoms with E-state index in [1.807, 2.05) is 0 Å². The number of carbonyl (C=O) groups is 1. The molecule has 1 atom stereocenters. The largest absolute Gasteiger partial charge is 0.349 e. The number of carbonyl (C=O) groups excluding carboxylic acids is 1. The molecule has 0 radical (unpaired) electrons. The van der Waals surface area contributed by atoms with Crippen LogP contribution in [0.1, 0.15) is 17.6 Å². The summed E-state index contributed by atoms with van der Waals surface area (Å²) >= 11 is 0. The smallest absolute Gasteiger partial charge is 0.263 e. The molecule has 2 N–H and O–H groups in total. The van der Waals surface area contributed by atoms with Gasteiger partial charge >= 0.3 is 0 Å². The number of amides is 1. The predicted octanol–water partition coefficient (Wildman–Crippen LogP) is 1.83. The molecule has 0 aliphatic carbocycles. The molecule has 1 unspecified atom stereocenters. The standard InChI is InChI=1S/C13H18F2N2O/c1-17(2)13(18)11(8-16)7-9-3-5-10(6-4-9)12(14)15/h3-6,11-12H,7-8,16H2,1-2H3. The Morgan fingerprint density at radius 2 is 1.83 bits per heavy atom. The van der Waals surface area contributed by atoms with E-state index in [0.29, 0.717) is 6.42 Å². The summed E-state index contributed by atoms with van der Waals surface area (Å²) in [7, 11) is 3.34. The number of rotatable bonds is 5. The molecular formula is C13H18F2N2O. The minimum atomic E-state index is -2.47. The van der Waals surface area contributed by atoms with Gasteiger partial charge in [0, 0.05) is 26.2 Å². The van der Waals surface area contributed by atoms with Crippen molar-refractivity contribution in [3.63, 3.8) is 0 Å². The highest BCUT2D eigenvalue weighted by Gasteiger charge is 2.19. The van der Waals surface area contributed by atoms with Gasteiger partial charge in [0.25, 0.3) is 6.43 Å². The van der Waals surface area contributed by atoms with E-state index in [-0.39, 0.29) is 23.9 Å². The molecule has 18 heavy (non-hydrogen) atoms. The first kappa shape index (κ1) is 14.6. The molecule has 100 valence electrons. The minimum absolute atomic E-state index is 0.0121. The predicted molar refractivity (Wildman–Crippen MR) is 66.3 cm³/mol. The topological polar surface area (TPSA) is 46.3 Å². The molecule has 0 heterocycles. The molecule has 0 aliphatic heterocycles. The highest BCUT2D eigenvalue weighted by molar-refractivity contribution is 5.78. The van der Waals surface area contributed by atoms with Crippen molar-refractivity contribution >= 4 is 5.91 Å². The van der Waals surface area contributed by atoms with Gasteiger partial charge in [-0.25, -0.2) is 8.78 Å². The molecule has 3 nitrogen and oxygen atoms in total. The van der Waals surface area contributed by atoms with Gasteiger partial charge in [0.05, 0.1) is 5.92 Å². The third-order valence-electron chi connectivity index (χ3n) is 2.79. The maximum Gasteiger partial charge on any atom is 0.263 e. The second-order valence-corrected chi connectivity index (χ2v) is 4.41. The van der Waals surface area contributed by atoms with E-state index in [4.69, 9.17) is 5.73 Å². The zero-order valence-electron chi connectivity index (χ0n) is 10.6. The van der Waals surface area contributed by atoms with Crippen molar-refractivity contribution in [1.29, 1.82) is 0 Å². The minimum Gasteiger partial charge on any atom is -0.349 e. The second-order valence-electron chi connectivity index (χ2n) is 4.41. The van der Waals surface area contributed by atoms with Crippen LogP contribution in [0.15, 0.2) is 24.3 Å². The van der Waals surface area contributed by atoms with Crippen LogP contribution in [-0.4, -0.2) is 31.4 Å². The van der Waals surface area contributed by atoms with Crippen LogP contribution in [-0.2, 0) is 11.2 Å². The summed E-state index contributed by atoms with van der Waals surface area (Å²) in [5.41, 5.74) is 6.40. The van der Waals surface area contributed by atoms with Crippen LogP contribution >= 0.6 is 0 Å². The molecule has 0 fully saturated rings. The normalized spacial score (nSPS) is 12.6. The van der Waals surface area contributed by atoms with Crippen LogP contribution in [0.25, 0.3) is 0 Å². The van der Waals surface area contributed by atoms with E-state index >= 15 is 0 Å². The fourth-order valence-corrected chi connectivity index (χ4v) is 1.72. The second kappa shape index (κ2) is 6.44. The third kappa shape index (κ3) is 3.77. The molecule has 0 aromatic heterocycles. The van der Waals surface area contributed by atoms with E-state index in [2.05, 4.69) is 0 Å². The van der Waals surface area contributed by atoms with Gasteiger partial charge < -0.3 is 10.6 Å². The van der Waals surface area contributed by atoms with Gasteiger partial charge in [-0.3, -0.25) is 4.79 Å². The van der Waals surface area contributed by atoms with Gasteiger partial charge in [-0.05, 0) is 12.0 Å². The van der Waals surface area contributed by atoms with Gasteiger partial charge in [-0.1, -0.05) is 24.3 Å². The zero-order valence-corrected chi connectivity index (χ0v) is 10.6. The Bertz CT molecular complexity index is 390. The summed E-state index contributed by atoms with van der Waals surface area (Å²) in [4.78, 5) is 13.3. The van der Waals surface area contributed by atoms with Gasteiger partial charge in [-0.15, -0.1) is 0 Å². The van der Waals surface area contributed by atoms with Crippen LogP contribution in [0.5, 0.6) is 0 Å². The van der Waals surface area contributed by atoms with E-state index < -0.39 is 6.43 Å². The van der Waals surface area contributed by atoms with Gasteiger partial charge in [0.15, 0.2) is 0 Å². The van der Waals surface area contributed by atoms with E-state index in [1.54, 1.807) is 26.2 Å². The molecule has 0 aliphatic rings. The number of alkyl halides is 2. The molecule has 0 saturated heterocycles. The number of hydrogen-bond acceptors (Lipinski definition) is 2. The number of halogens is 2. The highest BCUT2D eigenvalue weighted by atomic mass is 19.3. The average Bonchev–Trinajstić information content (AvgIpc) is 2.35. The van der Waals surface area contributed by atoms with Crippen molar-refractivity contribution < 1.29 is 13.6 Å². The molecule has 5 heteroatoms. The third-order valence-corrected chi connectivity index (χ3v) is 2.79. The van der Waals surface area contributed by atoms with Gasteiger partial charge in [-0.2, -0.15) is 0 Å². The molecule has 0 bridgehead atoms. The van der Waals surface area contributed by atoms with E-state index in [0.717, 1.165) is 5.56 Å². The summed E-state index contributed by atoms with van der Waals surface area (Å²) in [5.74, 6) is -0.354. The van der Waals surface area contributed by atoms with Crippen LogP contribution in [0, 0.1) is 5.92 Å². The zero-order chi connectivity index (χ0) is 13.7. The Balaban J connectivity index is 2.73. The number of benzene rings is 1. The quantitative estimate of drug-likeness (QED) is 0.873. The SMILES string of the molecule is CN(C)C(=O)C(CN)Cc1ccc(C(F)F)cc1. The molecule has 1 aromatic rings. The first-order valence-corrected chi connectivity index (χ1v) is 5.74. The van der Waals surface area contributed by atoms with Crippen molar-refractivity contribution in [2.45, 2.75) is 12.8 Å². The summed E-state index contributed by atoms with van der Waals surface area (Å²) < 4.78 is 24.8. The Kier molecular flexibility index (Phi) is 5.22. The molecule has 1 aromatic carbocycles. The van der Waals surface area contributed by atoms with Crippen molar-refractivity contribution in [2.75, 3.05) is 20.6 Å². The Morgan fingerprint density at radius 1 is 1.28 bits per heavy atom. The van der Waals surface area contributed by atoms with Crippen molar-refractivity contribution in [1.82, 2.24) is 4.90 Å². The lowest BCUT2D eigenvalue weighted by atomic mass is 9.97. The van der Waals surface area contributed by atoms with Crippen LogP contribution in [0.3, 0.4) is 0 Å². The lowest BCUT2D eigenvalue weighted by Crippen LogP contribution is -2.35. The fourth-order valence-electron chi connectivity index (χ4n) is 1.72.